The van der Waals surface area contributed by atoms with Gasteiger partial charge in [0.2, 0.25) is 10.0 Å². The third kappa shape index (κ3) is 4.53. The van der Waals surface area contributed by atoms with Crippen LogP contribution >= 0.6 is 12.2 Å². The van der Waals surface area contributed by atoms with Crippen molar-refractivity contribution in [2.45, 2.75) is 18.2 Å². The van der Waals surface area contributed by atoms with Crippen molar-refractivity contribution in [1.29, 1.82) is 0 Å². The summed E-state index contributed by atoms with van der Waals surface area (Å²) in [6.07, 6.45) is 0.994. The number of ether oxygens (including phenoxy) is 2. The summed E-state index contributed by atoms with van der Waals surface area (Å²) in [7, 11) is -0.580. The summed E-state index contributed by atoms with van der Waals surface area (Å²) >= 11 is 5.34. The number of nitrogens with one attached hydrogen (secondary N) is 1. The lowest BCUT2D eigenvalue weighted by atomic mass is 10.3. The highest BCUT2D eigenvalue weighted by atomic mass is 32.2. The van der Waals surface area contributed by atoms with Crippen molar-refractivity contribution in [3.8, 4) is 11.5 Å². The zero-order valence-corrected chi connectivity index (χ0v) is 16.5. The van der Waals surface area contributed by atoms with Crippen LogP contribution in [-0.4, -0.2) is 69.7 Å². The number of hydrogen-bond acceptors (Lipinski definition) is 5. The summed E-state index contributed by atoms with van der Waals surface area (Å²) in [4.78, 5) is 2.20. The van der Waals surface area contributed by atoms with Gasteiger partial charge < -0.3 is 19.7 Å². The Hall–Kier alpha value is -1.58. The smallest absolute Gasteiger partial charge is 0.243 e. The van der Waals surface area contributed by atoms with Crippen molar-refractivity contribution in [2.75, 3.05) is 46.9 Å². The van der Waals surface area contributed by atoms with Gasteiger partial charge in [0.05, 0.1) is 19.1 Å². The lowest BCUT2D eigenvalue weighted by molar-refractivity contribution is 0.264. The van der Waals surface area contributed by atoms with E-state index < -0.39 is 10.0 Å². The van der Waals surface area contributed by atoms with Crippen LogP contribution in [0.3, 0.4) is 0 Å². The van der Waals surface area contributed by atoms with E-state index in [1.54, 1.807) is 6.07 Å². The Kier molecular flexibility index (Phi) is 6.86. The van der Waals surface area contributed by atoms with Crippen LogP contribution in [0.5, 0.6) is 11.5 Å². The normalized spacial score (nSPS) is 15.7. The van der Waals surface area contributed by atoms with Crippen molar-refractivity contribution in [3.63, 3.8) is 0 Å². The molecule has 1 aromatic rings. The van der Waals surface area contributed by atoms with Crippen LogP contribution in [0.4, 0.5) is 0 Å². The van der Waals surface area contributed by atoms with Crippen LogP contribution in [0.25, 0.3) is 0 Å². The average Bonchev–Trinajstić information content (AvgIpc) is 2.65. The van der Waals surface area contributed by atoms with E-state index in [1.807, 2.05) is 4.90 Å². The third-order valence-corrected chi connectivity index (χ3v) is 6.34. The first kappa shape index (κ1) is 19.7. The molecule has 1 aliphatic heterocycles. The summed E-state index contributed by atoms with van der Waals surface area (Å²) < 4.78 is 37.6. The molecule has 0 amide bonds. The highest BCUT2D eigenvalue weighted by Gasteiger charge is 2.29. The van der Waals surface area contributed by atoms with Crippen LogP contribution in [0.15, 0.2) is 23.1 Å². The molecule has 0 saturated carbocycles. The van der Waals surface area contributed by atoms with E-state index in [0.717, 1.165) is 13.0 Å². The number of hydrogen-bond donors (Lipinski definition) is 1. The van der Waals surface area contributed by atoms with Gasteiger partial charge in [0.1, 0.15) is 0 Å². The molecule has 7 nitrogen and oxygen atoms in total. The van der Waals surface area contributed by atoms with Gasteiger partial charge in [-0.1, -0.05) is 6.92 Å². The molecule has 0 radical (unpaired) electrons. The number of thiocarbonyl (C=S) groups is 1. The molecule has 1 N–H and O–H groups in total. The predicted octanol–water partition coefficient (Wildman–Crippen LogP) is 1.29. The average molecular weight is 388 g/mol. The number of benzene rings is 1. The summed E-state index contributed by atoms with van der Waals surface area (Å²) in [5.41, 5.74) is 0. The molecule has 0 atom stereocenters. The van der Waals surface area contributed by atoms with E-state index in [9.17, 15) is 8.42 Å². The maximum absolute atomic E-state index is 12.9. The first-order chi connectivity index (χ1) is 11.9. The molecular formula is C16H25N3O4S2. The van der Waals surface area contributed by atoms with E-state index in [-0.39, 0.29) is 4.90 Å². The van der Waals surface area contributed by atoms with Gasteiger partial charge >= 0.3 is 0 Å². The van der Waals surface area contributed by atoms with E-state index in [0.29, 0.717) is 42.8 Å². The van der Waals surface area contributed by atoms with Gasteiger partial charge in [-0.2, -0.15) is 4.31 Å². The number of piperazine rings is 1. The zero-order chi connectivity index (χ0) is 18.4. The summed E-state index contributed by atoms with van der Waals surface area (Å²) in [6.45, 7) is 4.83. The molecule has 0 aromatic heterocycles. The van der Waals surface area contributed by atoms with Crippen molar-refractivity contribution in [1.82, 2.24) is 14.5 Å². The lowest BCUT2D eigenvalue weighted by Crippen LogP contribution is -2.53. The Labute approximate surface area is 154 Å². The maximum atomic E-state index is 12.9. The van der Waals surface area contributed by atoms with Gasteiger partial charge in [-0.15, -0.1) is 0 Å². The minimum absolute atomic E-state index is 0.199. The van der Waals surface area contributed by atoms with Crippen LogP contribution in [-0.2, 0) is 10.0 Å². The quantitative estimate of drug-likeness (QED) is 0.738. The topological polar surface area (TPSA) is 71.1 Å². The molecule has 1 saturated heterocycles. The Morgan fingerprint density at radius 1 is 1.16 bits per heavy atom. The highest BCUT2D eigenvalue weighted by molar-refractivity contribution is 7.89. The molecule has 0 aliphatic carbocycles. The van der Waals surface area contributed by atoms with Crippen molar-refractivity contribution >= 4 is 27.4 Å². The molecule has 0 bridgehead atoms. The highest BCUT2D eigenvalue weighted by Crippen LogP contribution is 2.30. The zero-order valence-electron chi connectivity index (χ0n) is 14.8. The van der Waals surface area contributed by atoms with Gasteiger partial charge in [-0.05, 0) is 30.8 Å². The largest absolute Gasteiger partial charge is 0.493 e. The van der Waals surface area contributed by atoms with Crippen LogP contribution in [0, 0.1) is 0 Å². The fourth-order valence-electron chi connectivity index (χ4n) is 2.60. The second-order valence-electron chi connectivity index (χ2n) is 5.64. The van der Waals surface area contributed by atoms with Gasteiger partial charge in [0.25, 0.3) is 0 Å². The first-order valence-electron chi connectivity index (χ1n) is 8.19. The summed E-state index contributed by atoms with van der Waals surface area (Å²) in [5, 5.41) is 3.86. The molecule has 140 valence electrons. The van der Waals surface area contributed by atoms with E-state index in [2.05, 4.69) is 12.2 Å². The van der Waals surface area contributed by atoms with Gasteiger partial charge in [0.15, 0.2) is 16.6 Å². The fraction of sp³-hybridized carbons (Fsp3) is 0.562. The van der Waals surface area contributed by atoms with Crippen LogP contribution < -0.4 is 14.8 Å². The third-order valence-electron chi connectivity index (χ3n) is 4.04. The van der Waals surface area contributed by atoms with Gasteiger partial charge in [-0.25, -0.2) is 8.42 Å². The standard InChI is InChI=1S/C16H25N3O4S2/c1-4-7-17-16(24)18-8-10-19(11-9-18)25(20,21)13-5-6-14(22-2)15(12-13)23-3/h5-6,12H,4,7-11H2,1-3H3,(H,17,24). The number of rotatable bonds is 6. The summed E-state index contributed by atoms with van der Waals surface area (Å²) in [6, 6.07) is 4.64. The Bertz CT molecular complexity index is 701. The van der Waals surface area contributed by atoms with Gasteiger partial charge in [0, 0.05) is 38.8 Å². The van der Waals surface area contributed by atoms with Crippen molar-refractivity contribution < 1.29 is 17.9 Å². The second kappa shape index (κ2) is 8.68. The number of nitrogens with zero attached hydrogens (tertiary/aromatic N) is 2. The molecule has 25 heavy (non-hydrogen) atoms. The molecule has 0 unspecified atom stereocenters. The molecule has 1 heterocycles. The molecule has 1 aliphatic rings. The minimum atomic E-state index is -3.58. The lowest BCUT2D eigenvalue weighted by Gasteiger charge is -2.35. The SMILES string of the molecule is CCCNC(=S)N1CCN(S(=O)(=O)c2ccc(OC)c(OC)c2)CC1. The Morgan fingerprint density at radius 2 is 1.80 bits per heavy atom. The van der Waals surface area contributed by atoms with Crippen molar-refractivity contribution in [3.05, 3.63) is 18.2 Å². The van der Waals surface area contributed by atoms with E-state index in [4.69, 9.17) is 21.7 Å². The Morgan fingerprint density at radius 3 is 2.36 bits per heavy atom. The predicted molar refractivity (Wildman–Crippen MR) is 101 cm³/mol. The number of methoxy groups -OCH3 is 2. The van der Waals surface area contributed by atoms with Gasteiger partial charge in [-0.3, -0.25) is 0 Å². The molecular weight excluding hydrogens is 362 g/mol. The summed E-state index contributed by atoms with van der Waals surface area (Å²) in [5.74, 6) is 0.894. The monoisotopic (exact) mass is 387 g/mol. The molecule has 0 spiro atoms. The van der Waals surface area contributed by atoms with Crippen LogP contribution in [0.1, 0.15) is 13.3 Å². The fourth-order valence-corrected chi connectivity index (χ4v) is 4.32. The van der Waals surface area contributed by atoms with E-state index >= 15 is 0 Å². The molecule has 1 fully saturated rings. The Balaban J connectivity index is 2.08. The van der Waals surface area contributed by atoms with Crippen molar-refractivity contribution in [2.24, 2.45) is 0 Å². The molecule has 2 rings (SSSR count). The van der Waals surface area contributed by atoms with Crippen LogP contribution in [0.2, 0.25) is 0 Å². The first-order valence-corrected chi connectivity index (χ1v) is 10.0. The maximum Gasteiger partial charge on any atom is 0.243 e. The minimum Gasteiger partial charge on any atom is -0.493 e. The molecule has 1 aromatic carbocycles. The number of sulfonamides is 1. The van der Waals surface area contributed by atoms with E-state index in [1.165, 1.54) is 30.7 Å². The second-order valence-corrected chi connectivity index (χ2v) is 7.96. The molecule has 9 heteroatoms.